The summed E-state index contributed by atoms with van der Waals surface area (Å²) < 4.78 is 11.2. The van der Waals surface area contributed by atoms with Gasteiger partial charge in [-0.25, -0.2) is 4.79 Å². The number of benzene rings is 2. The van der Waals surface area contributed by atoms with Crippen LogP contribution in [0.15, 0.2) is 48.5 Å². The predicted octanol–water partition coefficient (Wildman–Crippen LogP) is 3.44. The first-order valence-electron chi connectivity index (χ1n) is 12.3. The molecule has 2 aliphatic carbocycles. The third kappa shape index (κ3) is 4.75. The molecule has 2 fully saturated rings. The third-order valence-electron chi connectivity index (χ3n) is 7.41. The summed E-state index contributed by atoms with van der Waals surface area (Å²) in [5.74, 6) is -1.92. The molecule has 2 unspecified atom stereocenters. The van der Waals surface area contributed by atoms with Gasteiger partial charge in [0.15, 0.2) is 6.10 Å². The first kappa shape index (κ1) is 23.4. The van der Waals surface area contributed by atoms with Crippen molar-refractivity contribution in [2.24, 2.45) is 5.92 Å². The molecule has 0 spiro atoms. The highest BCUT2D eigenvalue weighted by Crippen LogP contribution is 2.44. The van der Waals surface area contributed by atoms with Crippen LogP contribution in [-0.2, 0) is 19.1 Å². The number of carbonyl (C=O) groups excluding carboxylic acids is 2. The van der Waals surface area contributed by atoms with E-state index in [1.165, 1.54) is 0 Å². The van der Waals surface area contributed by atoms with E-state index in [0.29, 0.717) is 25.9 Å². The summed E-state index contributed by atoms with van der Waals surface area (Å²) in [6, 6.07) is 15.3. The summed E-state index contributed by atoms with van der Waals surface area (Å²) in [6.45, 7) is 0.520. The highest BCUT2D eigenvalue weighted by molar-refractivity contribution is 5.84. The Morgan fingerprint density at radius 1 is 0.886 bits per heavy atom. The molecular weight excluding hydrogens is 448 g/mol. The van der Waals surface area contributed by atoms with Gasteiger partial charge < -0.3 is 25.2 Å². The Morgan fingerprint density at radius 2 is 1.54 bits per heavy atom. The molecule has 5 rings (SSSR count). The van der Waals surface area contributed by atoms with Crippen molar-refractivity contribution >= 4 is 18.0 Å². The Bertz CT molecular complexity index is 1070. The topological polar surface area (TPSA) is 114 Å². The van der Waals surface area contributed by atoms with E-state index in [4.69, 9.17) is 9.47 Å². The molecule has 35 heavy (non-hydrogen) atoms. The summed E-state index contributed by atoms with van der Waals surface area (Å²) in [6.07, 6.45) is 1.91. The van der Waals surface area contributed by atoms with Gasteiger partial charge in [0.1, 0.15) is 6.61 Å². The number of hydrogen-bond donors (Lipinski definition) is 3. The zero-order valence-electron chi connectivity index (χ0n) is 19.4. The number of carbonyl (C=O) groups is 3. The van der Waals surface area contributed by atoms with E-state index in [1.54, 1.807) is 0 Å². The van der Waals surface area contributed by atoms with Gasteiger partial charge in [0.25, 0.3) is 5.91 Å². The maximum atomic E-state index is 12.9. The van der Waals surface area contributed by atoms with Gasteiger partial charge in [0, 0.05) is 18.6 Å². The van der Waals surface area contributed by atoms with Crippen LogP contribution in [0.25, 0.3) is 11.1 Å². The zero-order chi connectivity index (χ0) is 24.4. The number of hydrogen-bond acceptors (Lipinski definition) is 5. The molecule has 2 aromatic carbocycles. The van der Waals surface area contributed by atoms with Crippen molar-refractivity contribution < 1.29 is 29.0 Å². The molecule has 1 saturated heterocycles. The van der Waals surface area contributed by atoms with Crippen molar-refractivity contribution in [3.05, 3.63) is 59.7 Å². The fraction of sp³-hybridized carbons (Fsp3) is 0.444. The van der Waals surface area contributed by atoms with E-state index in [2.05, 4.69) is 34.9 Å². The third-order valence-corrected chi connectivity index (χ3v) is 7.41. The summed E-state index contributed by atoms with van der Waals surface area (Å²) in [4.78, 5) is 37.1. The molecule has 4 atom stereocenters. The Kier molecular flexibility index (Phi) is 6.72. The summed E-state index contributed by atoms with van der Waals surface area (Å²) >= 11 is 0. The standard InChI is InChI=1S/C27H30N2O6/c30-25(28-22-12-6-5-11-20(22)26(31)32)24-23(13-14-34-24)29-27(33)35-15-21-18-9-3-1-7-16(18)17-8-2-4-10-19(17)21/h1-4,7-10,20-24H,5-6,11-15H2,(H,28,30)(H,29,33)(H,31,32)/t20-,22+,23?,24?/m0/s1. The van der Waals surface area contributed by atoms with E-state index in [9.17, 15) is 19.5 Å². The average molecular weight is 479 g/mol. The Hall–Kier alpha value is -3.39. The summed E-state index contributed by atoms with van der Waals surface area (Å²) in [5.41, 5.74) is 4.56. The number of aliphatic carboxylic acids is 1. The molecule has 0 aromatic heterocycles. The minimum Gasteiger partial charge on any atom is -0.481 e. The zero-order valence-corrected chi connectivity index (χ0v) is 19.4. The van der Waals surface area contributed by atoms with Crippen molar-refractivity contribution in [1.82, 2.24) is 10.6 Å². The molecule has 1 saturated carbocycles. The van der Waals surface area contributed by atoms with Gasteiger partial charge in [-0.1, -0.05) is 61.4 Å². The second-order valence-corrected chi connectivity index (χ2v) is 9.50. The molecule has 8 nitrogen and oxygen atoms in total. The highest BCUT2D eigenvalue weighted by atomic mass is 16.6. The highest BCUT2D eigenvalue weighted by Gasteiger charge is 2.39. The number of rotatable bonds is 6. The van der Waals surface area contributed by atoms with Crippen LogP contribution >= 0.6 is 0 Å². The van der Waals surface area contributed by atoms with Crippen LogP contribution < -0.4 is 10.6 Å². The second-order valence-electron chi connectivity index (χ2n) is 9.50. The number of carboxylic acids is 1. The minimum atomic E-state index is -0.893. The van der Waals surface area contributed by atoms with E-state index in [-0.39, 0.29) is 18.4 Å². The molecule has 8 heteroatoms. The van der Waals surface area contributed by atoms with Gasteiger partial charge in [-0.2, -0.15) is 0 Å². The minimum absolute atomic E-state index is 0.0497. The van der Waals surface area contributed by atoms with Gasteiger partial charge in [0.2, 0.25) is 0 Å². The SMILES string of the molecule is O=C(NC1CCOC1C(=O)N[C@@H]1CCCC[C@@H]1C(=O)O)OCC1c2ccccc2-c2ccccc21. The van der Waals surface area contributed by atoms with Crippen molar-refractivity contribution in [1.29, 1.82) is 0 Å². The molecule has 2 amide bonds. The fourth-order valence-corrected chi connectivity index (χ4v) is 5.65. The number of nitrogens with one attached hydrogen (secondary N) is 2. The lowest BCUT2D eigenvalue weighted by atomic mass is 9.84. The van der Waals surface area contributed by atoms with Crippen LogP contribution in [0.2, 0.25) is 0 Å². The molecule has 0 bridgehead atoms. The molecule has 1 aliphatic heterocycles. The number of alkyl carbamates (subject to hydrolysis) is 1. The molecule has 3 aliphatic rings. The lowest BCUT2D eigenvalue weighted by molar-refractivity contribution is -0.144. The van der Waals surface area contributed by atoms with E-state index < -0.39 is 36.2 Å². The Morgan fingerprint density at radius 3 is 2.23 bits per heavy atom. The van der Waals surface area contributed by atoms with Gasteiger partial charge >= 0.3 is 12.1 Å². The van der Waals surface area contributed by atoms with Crippen LogP contribution in [0.4, 0.5) is 4.79 Å². The van der Waals surface area contributed by atoms with Crippen LogP contribution in [0, 0.1) is 5.92 Å². The van der Waals surface area contributed by atoms with Crippen LogP contribution in [0.1, 0.15) is 49.1 Å². The molecule has 3 N–H and O–H groups in total. The first-order valence-corrected chi connectivity index (χ1v) is 12.3. The number of carboxylic acid groups (broad SMARTS) is 1. The van der Waals surface area contributed by atoms with Crippen molar-refractivity contribution in [2.45, 2.75) is 56.2 Å². The van der Waals surface area contributed by atoms with Crippen LogP contribution in [0.3, 0.4) is 0 Å². The number of fused-ring (bicyclic) bond motifs is 3. The predicted molar refractivity (Wildman–Crippen MR) is 128 cm³/mol. The fourth-order valence-electron chi connectivity index (χ4n) is 5.65. The monoisotopic (exact) mass is 478 g/mol. The molecule has 184 valence electrons. The molecular formula is C27H30N2O6. The van der Waals surface area contributed by atoms with Crippen molar-refractivity contribution in [3.63, 3.8) is 0 Å². The Balaban J connectivity index is 1.19. The van der Waals surface area contributed by atoms with E-state index in [0.717, 1.165) is 35.1 Å². The number of ether oxygens (including phenoxy) is 2. The first-order chi connectivity index (χ1) is 17.0. The average Bonchev–Trinajstić information content (AvgIpc) is 3.45. The smallest absolute Gasteiger partial charge is 0.407 e. The normalized spacial score (nSPS) is 25.4. The van der Waals surface area contributed by atoms with Crippen molar-refractivity contribution in [3.8, 4) is 11.1 Å². The van der Waals surface area contributed by atoms with Gasteiger partial charge in [-0.15, -0.1) is 0 Å². The summed E-state index contributed by atoms with van der Waals surface area (Å²) in [7, 11) is 0. The van der Waals surface area contributed by atoms with Crippen LogP contribution in [-0.4, -0.2) is 54.5 Å². The molecule has 0 radical (unpaired) electrons. The molecule has 2 aromatic rings. The largest absolute Gasteiger partial charge is 0.481 e. The Labute approximate surface area is 204 Å². The maximum absolute atomic E-state index is 12.9. The van der Waals surface area contributed by atoms with E-state index >= 15 is 0 Å². The molecule has 1 heterocycles. The second kappa shape index (κ2) is 10.1. The van der Waals surface area contributed by atoms with Gasteiger partial charge in [-0.3, -0.25) is 9.59 Å². The summed E-state index contributed by atoms with van der Waals surface area (Å²) in [5, 5.41) is 15.1. The van der Waals surface area contributed by atoms with Gasteiger partial charge in [-0.05, 0) is 41.5 Å². The number of amides is 2. The lowest BCUT2D eigenvalue weighted by Crippen LogP contribution is -2.53. The van der Waals surface area contributed by atoms with Gasteiger partial charge in [0.05, 0.1) is 12.0 Å². The maximum Gasteiger partial charge on any atom is 0.407 e. The lowest BCUT2D eigenvalue weighted by Gasteiger charge is -2.30. The van der Waals surface area contributed by atoms with Crippen LogP contribution in [0.5, 0.6) is 0 Å². The van der Waals surface area contributed by atoms with Crippen molar-refractivity contribution in [2.75, 3.05) is 13.2 Å². The quantitative estimate of drug-likeness (QED) is 0.586. The van der Waals surface area contributed by atoms with E-state index in [1.807, 2.05) is 24.3 Å².